The Bertz CT molecular complexity index is 1290. The van der Waals surface area contributed by atoms with Crippen LogP contribution in [0.25, 0.3) is 11.8 Å². The SMILES string of the molecule is COc1ccc(-n2c(C)cc(/C=C(\C#N)C(=O)Nc3ccc(C(=O)NC4CC4)cc3)c2C)cc1. The van der Waals surface area contributed by atoms with Crippen molar-refractivity contribution in [3.63, 3.8) is 0 Å². The summed E-state index contributed by atoms with van der Waals surface area (Å²) >= 11 is 0. The van der Waals surface area contributed by atoms with Crippen LogP contribution in [0.1, 0.15) is 40.2 Å². The summed E-state index contributed by atoms with van der Waals surface area (Å²) in [4.78, 5) is 24.9. The lowest BCUT2D eigenvalue weighted by atomic mass is 10.1. The van der Waals surface area contributed by atoms with E-state index >= 15 is 0 Å². The smallest absolute Gasteiger partial charge is 0.266 e. The molecule has 0 unspecified atom stereocenters. The van der Waals surface area contributed by atoms with E-state index < -0.39 is 5.91 Å². The molecule has 1 aliphatic carbocycles. The molecular formula is C27H26N4O3. The van der Waals surface area contributed by atoms with Crippen molar-refractivity contribution in [2.45, 2.75) is 32.7 Å². The van der Waals surface area contributed by atoms with Gasteiger partial charge in [0.2, 0.25) is 0 Å². The van der Waals surface area contributed by atoms with Crippen LogP contribution >= 0.6 is 0 Å². The minimum absolute atomic E-state index is 0.00876. The molecule has 1 heterocycles. The van der Waals surface area contributed by atoms with E-state index in [1.807, 2.05) is 50.2 Å². The van der Waals surface area contributed by atoms with Gasteiger partial charge in [0.1, 0.15) is 17.4 Å². The van der Waals surface area contributed by atoms with Gasteiger partial charge in [-0.25, -0.2) is 0 Å². The molecule has 2 N–H and O–H groups in total. The second kappa shape index (κ2) is 9.67. The van der Waals surface area contributed by atoms with E-state index in [0.29, 0.717) is 11.3 Å². The van der Waals surface area contributed by atoms with E-state index in [1.54, 1.807) is 37.5 Å². The number of rotatable bonds is 7. The molecule has 1 aromatic heterocycles. The largest absolute Gasteiger partial charge is 0.497 e. The maximum Gasteiger partial charge on any atom is 0.266 e. The van der Waals surface area contributed by atoms with Crippen LogP contribution in [0, 0.1) is 25.2 Å². The average Bonchev–Trinajstić information content (AvgIpc) is 3.61. The van der Waals surface area contributed by atoms with Gasteiger partial charge in [0.05, 0.1) is 7.11 Å². The van der Waals surface area contributed by atoms with Gasteiger partial charge in [-0.05, 0) is 92.9 Å². The zero-order valence-electron chi connectivity index (χ0n) is 19.4. The Morgan fingerprint density at radius 1 is 1.09 bits per heavy atom. The number of aryl methyl sites for hydroxylation is 1. The van der Waals surface area contributed by atoms with Crippen molar-refractivity contribution < 1.29 is 14.3 Å². The molecule has 2 amide bonds. The maximum atomic E-state index is 12.8. The third-order valence-corrected chi connectivity index (χ3v) is 5.78. The van der Waals surface area contributed by atoms with Gasteiger partial charge in [0.25, 0.3) is 11.8 Å². The lowest BCUT2D eigenvalue weighted by molar-refractivity contribution is -0.112. The summed E-state index contributed by atoms with van der Waals surface area (Å²) in [6, 6.07) is 18.5. The molecule has 0 atom stereocenters. The van der Waals surface area contributed by atoms with Crippen LogP contribution in [0.5, 0.6) is 5.75 Å². The van der Waals surface area contributed by atoms with Crippen LogP contribution in [-0.2, 0) is 4.79 Å². The molecule has 0 saturated heterocycles. The molecule has 34 heavy (non-hydrogen) atoms. The number of amides is 2. The van der Waals surface area contributed by atoms with E-state index in [9.17, 15) is 14.9 Å². The Labute approximate surface area is 198 Å². The Morgan fingerprint density at radius 2 is 1.76 bits per heavy atom. The zero-order chi connectivity index (χ0) is 24.2. The number of anilines is 1. The molecule has 1 aliphatic rings. The van der Waals surface area contributed by atoms with Crippen molar-refractivity contribution in [3.8, 4) is 17.5 Å². The standard InChI is InChI=1S/C27H26N4O3/c1-17-14-20(18(2)31(17)24-10-12-25(34-3)13-11-24)15-21(16-28)27(33)30-22-6-4-19(5-7-22)26(32)29-23-8-9-23/h4-7,10-15,23H,8-9H2,1-3H3,(H,29,32)(H,30,33)/b21-15+. The van der Waals surface area contributed by atoms with E-state index in [1.165, 1.54) is 0 Å². The Hall–Kier alpha value is -4.31. The Balaban J connectivity index is 1.51. The van der Waals surface area contributed by atoms with Gasteiger partial charge in [-0.2, -0.15) is 5.26 Å². The number of methoxy groups -OCH3 is 1. The van der Waals surface area contributed by atoms with E-state index in [4.69, 9.17) is 4.74 Å². The molecule has 4 rings (SSSR count). The number of nitrogens with one attached hydrogen (secondary N) is 2. The average molecular weight is 455 g/mol. The molecule has 0 bridgehead atoms. The van der Waals surface area contributed by atoms with E-state index in [0.717, 1.165) is 41.2 Å². The summed E-state index contributed by atoms with van der Waals surface area (Å²) in [5, 5.41) is 15.3. The van der Waals surface area contributed by atoms with E-state index in [-0.39, 0.29) is 17.5 Å². The Kier molecular flexibility index (Phi) is 6.51. The second-order valence-corrected chi connectivity index (χ2v) is 8.31. The quantitative estimate of drug-likeness (QED) is 0.405. The fourth-order valence-corrected chi connectivity index (χ4v) is 3.77. The van der Waals surface area contributed by atoms with Crippen LogP contribution in [0.4, 0.5) is 5.69 Å². The first kappa shape index (κ1) is 22.9. The van der Waals surface area contributed by atoms with Crippen molar-refractivity contribution in [1.29, 1.82) is 5.26 Å². The third kappa shape index (κ3) is 5.02. The highest BCUT2D eigenvalue weighted by Crippen LogP contribution is 2.25. The lowest BCUT2D eigenvalue weighted by Crippen LogP contribution is -2.25. The van der Waals surface area contributed by atoms with Crippen LogP contribution in [0.15, 0.2) is 60.2 Å². The summed E-state index contributed by atoms with van der Waals surface area (Å²) in [7, 11) is 1.62. The maximum absolute atomic E-state index is 12.8. The fourth-order valence-electron chi connectivity index (χ4n) is 3.77. The van der Waals surface area contributed by atoms with Gasteiger partial charge in [-0.1, -0.05) is 0 Å². The normalized spacial score (nSPS) is 13.2. The highest BCUT2D eigenvalue weighted by atomic mass is 16.5. The van der Waals surface area contributed by atoms with Gasteiger partial charge in [-0.15, -0.1) is 0 Å². The highest BCUT2D eigenvalue weighted by molar-refractivity contribution is 6.10. The monoisotopic (exact) mass is 454 g/mol. The number of hydrogen-bond acceptors (Lipinski definition) is 4. The van der Waals surface area contributed by atoms with Gasteiger partial charge in [0, 0.05) is 34.4 Å². The minimum atomic E-state index is -0.507. The molecule has 3 aromatic rings. The number of benzene rings is 2. The van der Waals surface area contributed by atoms with Crippen molar-refractivity contribution >= 4 is 23.6 Å². The van der Waals surface area contributed by atoms with Crippen molar-refractivity contribution in [2.75, 3.05) is 12.4 Å². The van der Waals surface area contributed by atoms with Crippen LogP contribution < -0.4 is 15.4 Å². The first-order valence-corrected chi connectivity index (χ1v) is 11.1. The second-order valence-electron chi connectivity index (χ2n) is 8.31. The predicted molar refractivity (Wildman–Crippen MR) is 131 cm³/mol. The van der Waals surface area contributed by atoms with Crippen molar-refractivity contribution in [2.24, 2.45) is 0 Å². The molecular weight excluding hydrogens is 428 g/mol. The van der Waals surface area contributed by atoms with Gasteiger partial charge in [-0.3, -0.25) is 9.59 Å². The van der Waals surface area contributed by atoms with Crippen LogP contribution in [-0.4, -0.2) is 29.5 Å². The molecule has 7 nitrogen and oxygen atoms in total. The number of carbonyl (C=O) groups is 2. The molecule has 1 saturated carbocycles. The number of nitrogens with zero attached hydrogens (tertiary/aromatic N) is 2. The summed E-state index contributed by atoms with van der Waals surface area (Å²) in [6.07, 6.45) is 3.63. The topological polar surface area (TPSA) is 96.2 Å². The number of nitriles is 1. The molecule has 0 radical (unpaired) electrons. The molecule has 7 heteroatoms. The number of ether oxygens (including phenoxy) is 1. The molecule has 0 spiro atoms. The van der Waals surface area contributed by atoms with Crippen LogP contribution in [0.3, 0.4) is 0 Å². The van der Waals surface area contributed by atoms with Crippen molar-refractivity contribution in [1.82, 2.24) is 9.88 Å². The molecule has 2 aromatic carbocycles. The van der Waals surface area contributed by atoms with E-state index in [2.05, 4.69) is 15.2 Å². The number of hydrogen-bond donors (Lipinski definition) is 2. The zero-order valence-corrected chi connectivity index (χ0v) is 19.4. The fraction of sp³-hybridized carbons (Fsp3) is 0.222. The van der Waals surface area contributed by atoms with Gasteiger partial charge in [0.15, 0.2) is 0 Å². The summed E-state index contributed by atoms with van der Waals surface area (Å²) < 4.78 is 7.29. The summed E-state index contributed by atoms with van der Waals surface area (Å²) in [5.41, 5.74) is 4.67. The highest BCUT2D eigenvalue weighted by Gasteiger charge is 2.23. The summed E-state index contributed by atoms with van der Waals surface area (Å²) in [6.45, 7) is 3.92. The summed E-state index contributed by atoms with van der Waals surface area (Å²) in [5.74, 6) is 0.142. The van der Waals surface area contributed by atoms with Gasteiger partial charge >= 0.3 is 0 Å². The van der Waals surface area contributed by atoms with Gasteiger partial charge < -0.3 is 19.9 Å². The first-order valence-electron chi connectivity index (χ1n) is 11.1. The first-order chi connectivity index (χ1) is 16.4. The number of aromatic nitrogens is 1. The predicted octanol–water partition coefficient (Wildman–Crippen LogP) is 4.54. The third-order valence-electron chi connectivity index (χ3n) is 5.78. The number of carbonyl (C=O) groups excluding carboxylic acids is 2. The molecule has 1 fully saturated rings. The lowest BCUT2D eigenvalue weighted by Gasteiger charge is -2.10. The Morgan fingerprint density at radius 3 is 2.35 bits per heavy atom. The van der Waals surface area contributed by atoms with Crippen molar-refractivity contribution in [3.05, 3.63) is 82.7 Å². The molecule has 0 aliphatic heterocycles. The molecule has 172 valence electrons. The van der Waals surface area contributed by atoms with Crippen LogP contribution in [0.2, 0.25) is 0 Å². The minimum Gasteiger partial charge on any atom is -0.497 e.